The van der Waals surface area contributed by atoms with Gasteiger partial charge >= 0.3 is 0 Å². The number of nitrogens with one attached hydrogen (secondary N) is 2. The van der Waals surface area contributed by atoms with Gasteiger partial charge in [0.15, 0.2) is 5.96 Å². The lowest BCUT2D eigenvalue weighted by Gasteiger charge is -2.14. The van der Waals surface area contributed by atoms with E-state index < -0.39 is 0 Å². The summed E-state index contributed by atoms with van der Waals surface area (Å²) in [6, 6.07) is 10.4. The number of aryl methyl sites for hydroxylation is 2. The highest BCUT2D eigenvalue weighted by atomic mass is 127. The maximum absolute atomic E-state index is 4.70. The van der Waals surface area contributed by atoms with Crippen LogP contribution in [0.15, 0.2) is 47.7 Å². The number of hydrogen-bond donors (Lipinski definition) is 2. The van der Waals surface area contributed by atoms with Crippen molar-refractivity contribution < 1.29 is 0 Å². The SMILES string of the molecule is CCc1nc(CCNC(=NC)NCc2ccccc2Cn2cccn2)sc1C.I. The summed E-state index contributed by atoms with van der Waals surface area (Å²) in [6.07, 6.45) is 5.69. The van der Waals surface area contributed by atoms with Gasteiger partial charge in [-0.2, -0.15) is 5.10 Å². The molecular formula is C21H29IN6S. The molecule has 29 heavy (non-hydrogen) atoms. The Bertz CT molecular complexity index is 904. The first-order valence-electron chi connectivity index (χ1n) is 9.63. The van der Waals surface area contributed by atoms with Gasteiger partial charge in [0, 0.05) is 43.8 Å². The third-order valence-electron chi connectivity index (χ3n) is 4.58. The monoisotopic (exact) mass is 524 g/mol. The Morgan fingerprint density at radius 3 is 2.62 bits per heavy atom. The molecule has 3 rings (SSSR count). The molecule has 2 aromatic heterocycles. The average molecular weight is 524 g/mol. The molecule has 3 aromatic rings. The molecule has 0 aliphatic carbocycles. The fourth-order valence-electron chi connectivity index (χ4n) is 3.06. The minimum atomic E-state index is 0. The fourth-order valence-corrected chi connectivity index (χ4v) is 4.08. The van der Waals surface area contributed by atoms with Gasteiger partial charge in [-0.25, -0.2) is 4.98 Å². The van der Waals surface area contributed by atoms with Crippen molar-refractivity contribution in [3.63, 3.8) is 0 Å². The van der Waals surface area contributed by atoms with Gasteiger partial charge in [0.1, 0.15) is 0 Å². The molecule has 0 amide bonds. The molecule has 0 fully saturated rings. The van der Waals surface area contributed by atoms with E-state index in [9.17, 15) is 0 Å². The molecule has 1 aromatic carbocycles. The normalized spacial score (nSPS) is 11.2. The second-order valence-corrected chi connectivity index (χ2v) is 7.83. The van der Waals surface area contributed by atoms with E-state index in [1.165, 1.54) is 26.7 Å². The van der Waals surface area contributed by atoms with E-state index >= 15 is 0 Å². The van der Waals surface area contributed by atoms with Crippen LogP contribution in [0, 0.1) is 6.92 Å². The number of rotatable bonds is 8. The van der Waals surface area contributed by atoms with Crippen LogP contribution in [0.2, 0.25) is 0 Å². The number of nitrogens with zero attached hydrogens (tertiary/aromatic N) is 4. The lowest BCUT2D eigenvalue weighted by atomic mass is 10.1. The highest BCUT2D eigenvalue weighted by molar-refractivity contribution is 14.0. The van der Waals surface area contributed by atoms with E-state index in [2.05, 4.69) is 58.8 Å². The molecule has 0 aliphatic rings. The van der Waals surface area contributed by atoms with Crippen LogP contribution in [0.4, 0.5) is 0 Å². The van der Waals surface area contributed by atoms with Gasteiger partial charge in [-0.05, 0) is 30.5 Å². The Morgan fingerprint density at radius 2 is 1.97 bits per heavy atom. The number of hydrogen-bond acceptors (Lipinski definition) is 4. The summed E-state index contributed by atoms with van der Waals surface area (Å²) >= 11 is 1.79. The number of benzene rings is 1. The zero-order valence-corrected chi connectivity index (χ0v) is 20.3. The first-order chi connectivity index (χ1) is 13.7. The van der Waals surface area contributed by atoms with Gasteiger partial charge in [0.25, 0.3) is 0 Å². The summed E-state index contributed by atoms with van der Waals surface area (Å²) in [7, 11) is 1.80. The van der Waals surface area contributed by atoms with E-state index in [1.807, 2.05) is 16.9 Å². The van der Waals surface area contributed by atoms with E-state index in [0.29, 0.717) is 6.54 Å². The van der Waals surface area contributed by atoms with Crippen LogP contribution in [0.5, 0.6) is 0 Å². The van der Waals surface area contributed by atoms with Crippen LogP contribution < -0.4 is 10.6 Å². The predicted octanol–water partition coefficient (Wildman–Crippen LogP) is 3.78. The largest absolute Gasteiger partial charge is 0.356 e. The van der Waals surface area contributed by atoms with Crippen LogP contribution in [0.25, 0.3) is 0 Å². The molecule has 2 N–H and O–H groups in total. The third kappa shape index (κ3) is 6.81. The maximum Gasteiger partial charge on any atom is 0.191 e. The summed E-state index contributed by atoms with van der Waals surface area (Å²) < 4.78 is 1.94. The topological polar surface area (TPSA) is 67.1 Å². The first-order valence-corrected chi connectivity index (χ1v) is 10.4. The van der Waals surface area contributed by atoms with E-state index in [1.54, 1.807) is 24.6 Å². The van der Waals surface area contributed by atoms with E-state index in [-0.39, 0.29) is 24.0 Å². The molecule has 6 nitrogen and oxygen atoms in total. The molecule has 0 atom stereocenters. The number of guanidine groups is 1. The first kappa shape index (κ1) is 23.3. The van der Waals surface area contributed by atoms with Crippen molar-refractivity contribution in [3.05, 3.63) is 69.4 Å². The molecule has 0 spiro atoms. The molecule has 8 heteroatoms. The Balaban J connectivity index is 0.00000300. The molecule has 2 heterocycles. The van der Waals surface area contributed by atoms with Crippen molar-refractivity contribution in [1.82, 2.24) is 25.4 Å². The summed E-state index contributed by atoms with van der Waals surface area (Å²) in [5.74, 6) is 0.804. The van der Waals surface area contributed by atoms with Crippen LogP contribution >= 0.6 is 35.3 Å². The zero-order valence-electron chi connectivity index (χ0n) is 17.2. The van der Waals surface area contributed by atoms with Gasteiger partial charge in [-0.1, -0.05) is 31.2 Å². The number of aliphatic imine (C=N–C) groups is 1. The third-order valence-corrected chi connectivity index (χ3v) is 5.66. The van der Waals surface area contributed by atoms with Crippen LogP contribution in [-0.4, -0.2) is 34.3 Å². The Morgan fingerprint density at radius 1 is 1.17 bits per heavy atom. The summed E-state index contributed by atoms with van der Waals surface area (Å²) in [5.41, 5.74) is 3.71. The Hall–Kier alpha value is -1.94. The maximum atomic E-state index is 4.70. The van der Waals surface area contributed by atoms with Crippen molar-refractivity contribution >= 4 is 41.3 Å². The van der Waals surface area contributed by atoms with E-state index in [0.717, 1.165) is 31.9 Å². The van der Waals surface area contributed by atoms with Crippen molar-refractivity contribution in [2.45, 2.75) is 39.8 Å². The second-order valence-electron chi connectivity index (χ2n) is 6.54. The molecule has 0 saturated carbocycles. The highest BCUT2D eigenvalue weighted by Crippen LogP contribution is 2.18. The smallest absolute Gasteiger partial charge is 0.191 e. The number of thiazole rings is 1. The minimum Gasteiger partial charge on any atom is -0.356 e. The zero-order chi connectivity index (χ0) is 19.8. The molecular weight excluding hydrogens is 495 g/mol. The van der Waals surface area contributed by atoms with Gasteiger partial charge in [0.05, 0.1) is 17.2 Å². The average Bonchev–Trinajstić information content (AvgIpc) is 3.34. The molecule has 0 aliphatic heterocycles. The lowest BCUT2D eigenvalue weighted by molar-refractivity contribution is 0.677. The second kappa shape index (κ2) is 11.9. The molecule has 0 bridgehead atoms. The lowest BCUT2D eigenvalue weighted by Crippen LogP contribution is -2.38. The standard InChI is InChI=1S/C21H28N6S.HI/c1-4-19-16(2)28-20(26-19)10-12-23-21(22-3)24-14-17-8-5-6-9-18(17)15-27-13-7-11-25-27;/h5-9,11,13H,4,10,12,14-15H2,1-3H3,(H2,22,23,24);1H. The van der Waals surface area contributed by atoms with Crippen molar-refractivity contribution in [2.24, 2.45) is 4.99 Å². The van der Waals surface area contributed by atoms with Crippen LogP contribution in [0.3, 0.4) is 0 Å². The number of halogens is 1. The van der Waals surface area contributed by atoms with Gasteiger partial charge in [0.2, 0.25) is 0 Å². The summed E-state index contributed by atoms with van der Waals surface area (Å²) in [4.78, 5) is 10.4. The quantitative estimate of drug-likeness (QED) is 0.268. The minimum absolute atomic E-state index is 0. The van der Waals surface area contributed by atoms with Crippen LogP contribution in [0.1, 0.15) is 33.6 Å². The highest BCUT2D eigenvalue weighted by Gasteiger charge is 2.07. The molecule has 0 unspecified atom stereocenters. The Labute approximate surface area is 193 Å². The summed E-state index contributed by atoms with van der Waals surface area (Å²) in [5, 5.41) is 12.3. The van der Waals surface area contributed by atoms with Gasteiger partial charge in [-0.15, -0.1) is 35.3 Å². The van der Waals surface area contributed by atoms with Gasteiger partial charge < -0.3 is 10.6 Å². The molecule has 0 saturated heterocycles. The predicted molar refractivity (Wildman–Crippen MR) is 131 cm³/mol. The van der Waals surface area contributed by atoms with E-state index in [4.69, 9.17) is 4.98 Å². The van der Waals surface area contributed by atoms with Crippen LogP contribution in [-0.2, 0) is 25.9 Å². The fraction of sp³-hybridized carbons (Fsp3) is 0.381. The number of aromatic nitrogens is 3. The summed E-state index contributed by atoms with van der Waals surface area (Å²) in [6.45, 7) is 6.59. The van der Waals surface area contributed by atoms with Crippen molar-refractivity contribution in [3.8, 4) is 0 Å². The Kier molecular flexibility index (Phi) is 9.59. The van der Waals surface area contributed by atoms with Crippen molar-refractivity contribution in [2.75, 3.05) is 13.6 Å². The molecule has 0 radical (unpaired) electrons. The molecule has 156 valence electrons. The van der Waals surface area contributed by atoms with Gasteiger partial charge in [-0.3, -0.25) is 9.67 Å². The van der Waals surface area contributed by atoms with Crippen molar-refractivity contribution in [1.29, 1.82) is 0 Å².